The van der Waals surface area contributed by atoms with E-state index in [9.17, 15) is 22.4 Å². The molecule has 14 heteroatoms. The number of fused-ring (bicyclic) bond motifs is 1. The predicted octanol–water partition coefficient (Wildman–Crippen LogP) is 3.75. The lowest BCUT2D eigenvalue weighted by Crippen LogP contribution is -2.52. The summed E-state index contributed by atoms with van der Waals surface area (Å²) in [5.41, 5.74) is 0.230. The van der Waals surface area contributed by atoms with Crippen LogP contribution in [0.25, 0.3) is 16.8 Å². The van der Waals surface area contributed by atoms with Crippen LogP contribution in [-0.4, -0.2) is 79.2 Å². The van der Waals surface area contributed by atoms with Crippen LogP contribution in [0.5, 0.6) is 5.75 Å². The van der Waals surface area contributed by atoms with Gasteiger partial charge in [0.25, 0.3) is 0 Å². The van der Waals surface area contributed by atoms with Gasteiger partial charge in [-0.2, -0.15) is 18.3 Å². The Balaban J connectivity index is 1.29. The molecule has 2 saturated heterocycles. The standard InChI is InChI=1S/C26H25F4N7O3/c1-15-24(33-34-37(15)18-4-6-35(7-5-18)19-12-39-13-19)16-8-23(25-20(26(28,29)30)10-32-36(25)11-16)40-14-22(38)21-3-2-17(27)9-31-21/h2-3,8-11,18-19H,4-7,12-14H2,1H3. The number of alkyl halides is 3. The van der Waals surface area contributed by atoms with Crippen molar-refractivity contribution in [1.29, 1.82) is 0 Å². The monoisotopic (exact) mass is 559 g/mol. The third kappa shape index (κ3) is 4.92. The van der Waals surface area contributed by atoms with E-state index in [1.165, 1.54) is 18.3 Å². The summed E-state index contributed by atoms with van der Waals surface area (Å²) >= 11 is 0. The SMILES string of the molecule is Cc1c(-c2cc(OCC(=O)c3ccc(F)cn3)c3c(C(F)(F)F)cnn3c2)nnn1C1CCN(C2COC2)CC1. The number of ketones is 1. The second-order valence-corrected chi connectivity index (χ2v) is 9.94. The highest BCUT2D eigenvalue weighted by Gasteiger charge is 2.36. The fourth-order valence-corrected chi connectivity index (χ4v) is 5.17. The number of aromatic nitrogens is 6. The third-order valence-electron chi connectivity index (χ3n) is 7.44. The first-order valence-electron chi connectivity index (χ1n) is 12.8. The first-order chi connectivity index (χ1) is 19.2. The number of rotatable bonds is 7. The zero-order chi connectivity index (χ0) is 28.0. The van der Waals surface area contributed by atoms with Gasteiger partial charge in [-0.25, -0.2) is 18.6 Å². The normalized spacial score (nSPS) is 17.3. The average Bonchev–Trinajstić information content (AvgIpc) is 3.51. The van der Waals surface area contributed by atoms with Gasteiger partial charge in [0.2, 0.25) is 5.78 Å². The smallest absolute Gasteiger partial charge is 0.420 e. The number of likely N-dealkylation sites (tertiary alicyclic amines) is 1. The van der Waals surface area contributed by atoms with E-state index in [2.05, 4.69) is 25.3 Å². The lowest BCUT2D eigenvalue weighted by Gasteiger charge is -2.41. The predicted molar refractivity (Wildman–Crippen MR) is 132 cm³/mol. The van der Waals surface area contributed by atoms with E-state index in [1.807, 2.05) is 11.6 Å². The van der Waals surface area contributed by atoms with Crippen molar-refractivity contribution < 1.29 is 31.8 Å². The van der Waals surface area contributed by atoms with Crippen molar-refractivity contribution in [3.63, 3.8) is 0 Å². The fraction of sp³-hybridized carbons (Fsp3) is 0.423. The van der Waals surface area contributed by atoms with Crippen LogP contribution in [0.1, 0.15) is 40.6 Å². The van der Waals surface area contributed by atoms with Crippen LogP contribution in [-0.2, 0) is 10.9 Å². The van der Waals surface area contributed by atoms with Crippen molar-refractivity contribution in [2.45, 2.75) is 38.0 Å². The minimum absolute atomic E-state index is 0.0761. The molecule has 4 aromatic heterocycles. The molecule has 2 fully saturated rings. The highest BCUT2D eigenvalue weighted by atomic mass is 19.4. The number of pyridine rings is 2. The van der Waals surface area contributed by atoms with Gasteiger partial charge in [0, 0.05) is 24.8 Å². The number of halogens is 4. The summed E-state index contributed by atoms with van der Waals surface area (Å²) in [5, 5.41) is 12.6. The van der Waals surface area contributed by atoms with Gasteiger partial charge in [-0.15, -0.1) is 5.10 Å². The quantitative estimate of drug-likeness (QED) is 0.249. The topological polar surface area (TPSA) is 99.7 Å². The molecule has 4 aromatic rings. The third-order valence-corrected chi connectivity index (χ3v) is 7.44. The van der Waals surface area contributed by atoms with Crippen molar-refractivity contribution in [3.05, 3.63) is 59.6 Å². The average molecular weight is 560 g/mol. The first kappa shape index (κ1) is 26.3. The maximum absolute atomic E-state index is 13.8. The summed E-state index contributed by atoms with van der Waals surface area (Å²) in [6.07, 6.45) is 0.0928. The number of hydrogen-bond donors (Lipinski definition) is 0. The van der Waals surface area contributed by atoms with E-state index in [4.69, 9.17) is 9.47 Å². The van der Waals surface area contributed by atoms with Crippen LogP contribution in [0.2, 0.25) is 0 Å². The van der Waals surface area contributed by atoms with E-state index in [0.717, 1.165) is 61.6 Å². The summed E-state index contributed by atoms with van der Waals surface area (Å²) in [5.74, 6) is -1.45. The van der Waals surface area contributed by atoms with Gasteiger partial charge >= 0.3 is 6.18 Å². The van der Waals surface area contributed by atoms with Gasteiger partial charge in [-0.1, -0.05) is 5.21 Å². The molecule has 210 valence electrons. The van der Waals surface area contributed by atoms with Gasteiger partial charge in [0.15, 0.2) is 6.61 Å². The Hall–Kier alpha value is -3.91. The number of piperidine rings is 1. The van der Waals surface area contributed by atoms with E-state index in [0.29, 0.717) is 23.5 Å². The number of ether oxygens (including phenoxy) is 2. The molecular formula is C26H25F4N7O3. The Morgan fingerprint density at radius 3 is 2.58 bits per heavy atom. The Labute approximate surface area is 225 Å². The molecule has 0 N–H and O–H groups in total. The first-order valence-corrected chi connectivity index (χ1v) is 12.8. The molecule has 0 atom stereocenters. The van der Waals surface area contributed by atoms with Crippen molar-refractivity contribution >= 4 is 11.3 Å². The Morgan fingerprint density at radius 1 is 1.15 bits per heavy atom. The summed E-state index contributed by atoms with van der Waals surface area (Å²) < 4.78 is 68.4. The summed E-state index contributed by atoms with van der Waals surface area (Å²) in [6.45, 7) is 4.61. The molecule has 0 aliphatic carbocycles. The summed E-state index contributed by atoms with van der Waals surface area (Å²) in [7, 11) is 0. The van der Waals surface area contributed by atoms with Gasteiger partial charge < -0.3 is 9.47 Å². The largest absolute Gasteiger partial charge is 0.483 e. The zero-order valence-electron chi connectivity index (χ0n) is 21.4. The fourth-order valence-electron chi connectivity index (χ4n) is 5.17. The number of Topliss-reactive ketones (excluding diaryl/α,β-unsaturated/α-hetero) is 1. The van der Waals surface area contributed by atoms with Gasteiger partial charge in [-0.05, 0) is 38.0 Å². The molecule has 0 spiro atoms. The molecule has 10 nitrogen and oxygen atoms in total. The second kappa shape index (κ2) is 10.2. The molecule has 6 rings (SSSR count). The van der Waals surface area contributed by atoms with Crippen LogP contribution in [0.3, 0.4) is 0 Å². The van der Waals surface area contributed by atoms with Crippen LogP contribution < -0.4 is 4.74 Å². The van der Waals surface area contributed by atoms with Crippen molar-refractivity contribution in [2.75, 3.05) is 32.9 Å². The molecule has 6 heterocycles. The number of nitrogens with zero attached hydrogens (tertiary/aromatic N) is 7. The second-order valence-electron chi connectivity index (χ2n) is 9.94. The number of hydrogen-bond acceptors (Lipinski definition) is 8. The maximum Gasteiger partial charge on any atom is 0.420 e. The minimum Gasteiger partial charge on any atom is -0.483 e. The molecule has 2 aliphatic rings. The number of carbonyl (C=O) groups excluding carboxylic acids is 1. The Morgan fingerprint density at radius 2 is 1.93 bits per heavy atom. The molecule has 2 aliphatic heterocycles. The molecule has 0 unspecified atom stereocenters. The van der Waals surface area contributed by atoms with Gasteiger partial charge in [0.1, 0.15) is 34.0 Å². The highest BCUT2D eigenvalue weighted by molar-refractivity contribution is 5.95. The Bertz CT molecular complexity index is 1540. The van der Waals surface area contributed by atoms with Crippen LogP contribution in [0.4, 0.5) is 17.6 Å². The highest BCUT2D eigenvalue weighted by Crippen LogP contribution is 2.39. The lowest BCUT2D eigenvalue weighted by molar-refractivity contribution is -0.136. The van der Waals surface area contributed by atoms with Crippen molar-refractivity contribution in [1.82, 2.24) is 34.5 Å². The summed E-state index contributed by atoms with van der Waals surface area (Å²) in [6, 6.07) is 4.26. The van der Waals surface area contributed by atoms with Gasteiger partial charge in [0.05, 0.1) is 43.4 Å². The van der Waals surface area contributed by atoms with E-state index in [1.54, 1.807) is 0 Å². The molecule has 40 heavy (non-hydrogen) atoms. The van der Waals surface area contributed by atoms with Crippen LogP contribution >= 0.6 is 0 Å². The van der Waals surface area contributed by atoms with E-state index >= 15 is 0 Å². The van der Waals surface area contributed by atoms with E-state index in [-0.39, 0.29) is 23.0 Å². The van der Waals surface area contributed by atoms with E-state index < -0.39 is 29.9 Å². The zero-order valence-corrected chi connectivity index (χ0v) is 21.4. The van der Waals surface area contributed by atoms with Crippen LogP contribution in [0.15, 0.2) is 36.8 Å². The Kier molecular flexibility index (Phi) is 6.74. The molecule has 0 bridgehead atoms. The summed E-state index contributed by atoms with van der Waals surface area (Å²) in [4.78, 5) is 18.7. The van der Waals surface area contributed by atoms with Crippen molar-refractivity contribution in [2.24, 2.45) is 0 Å². The molecule has 0 radical (unpaired) electrons. The lowest BCUT2D eigenvalue weighted by atomic mass is 10.0. The molecule has 0 aromatic carbocycles. The maximum atomic E-state index is 13.8. The molecular weight excluding hydrogens is 534 g/mol. The van der Waals surface area contributed by atoms with Crippen LogP contribution in [0, 0.1) is 12.7 Å². The molecule has 0 saturated carbocycles. The minimum atomic E-state index is -4.70. The van der Waals surface area contributed by atoms with Gasteiger partial charge in [-0.3, -0.25) is 9.69 Å². The molecule has 0 amide bonds. The van der Waals surface area contributed by atoms with Crippen molar-refractivity contribution in [3.8, 4) is 17.0 Å². The number of carbonyl (C=O) groups is 1.